The van der Waals surface area contributed by atoms with Crippen LogP contribution in [0.2, 0.25) is 0 Å². The second-order valence-electron chi connectivity index (χ2n) is 7.00. The molecule has 0 bridgehead atoms. The Morgan fingerprint density at radius 3 is 2.73 bits per heavy atom. The molecule has 1 aliphatic heterocycles. The molecule has 5 nitrogen and oxygen atoms in total. The van der Waals surface area contributed by atoms with Crippen LogP contribution in [0.5, 0.6) is 5.75 Å². The Balaban J connectivity index is 1.35. The van der Waals surface area contributed by atoms with E-state index in [1.807, 2.05) is 30.3 Å². The number of hydrogen-bond acceptors (Lipinski definition) is 4. The average Bonchev–Trinajstić information content (AvgIpc) is 3.15. The van der Waals surface area contributed by atoms with E-state index >= 15 is 0 Å². The highest BCUT2D eigenvalue weighted by Crippen LogP contribution is 2.16. The van der Waals surface area contributed by atoms with Crippen LogP contribution in [0.15, 0.2) is 46.9 Å². The third kappa shape index (κ3) is 5.63. The van der Waals surface area contributed by atoms with Gasteiger partial charge in [0, 0.05) is 6.54 Å². The molecule has 0 unspecified atom stereocenters. The zero-order valence-electron chi connectivity index (χ0n) is 15.4. The van der Waals surface area contributed by atoms with Crippen LogP contribution in [-0.2, 0) is 6.61 Å². The van der Waals surface area contributed by atoms with Crippen molar-refractivity contribution in [1.29, 1.82) is 0 Å². The van der Waals surface area contributed by atoms with E-state index in [9.17, 15) is 4.79 Å². The Bertz CT molecular complexity index is 676. The van der Waals surface area contributed by atoms with Crippen LogP contribution in [0.1, 0.15) is 42.5 Å². The van der Waals surface area contributed by atoms with Crippen LogP contribution in [-0.4, -0.2) is 37.0 Å². The molecule has 0 spiro atoms. The zero-order chi connectivity index (χ0) is 18.2. The summed E-state index contributed by atoms with van der Waals surface area (Å²) in [5.41, 5.74) is 0. The molecule has 0 radical (unpaired) electrons. The number of piperidine rings is 1. The van der Waals surface area contributed by atoms with Gasteiger partial charge in [0.05, 0.1) is 0 Å². The number of carbonyl (C=O) groups is 1. The molecule has 1 aliphatic rings. The van der Waals surface area contributed by atoms with Gasteiger partial charge in [0.15, 0.2) is 5.76 Å². The first-order valence-electron chi connectivity index (χ1n) is 9.48. The summed E-state index contributed by atoms with van der Waals surface area (Å²) in [7, 11) is 0. The number of ether oxygens (including phenoxy) is 1. The molecule has 1 amide bonds. The van der Waals surface area contributed by atoms with Gasteiger partial charge in [-0.2, -0.15) is 0 Å². The normalized spacial score (nSPS) is 15.7. The fourth-order valence-corrected chi connectivity index (χ4v) is 3.13. The van der Waals surface area contributed by atoms with Crippen molar-refractivity contribution in [1.82, 2.24) is 10.2 Å². The van der Waals surface area contributed by atoms with Gasteiger partial charge in [0.1, 0.15) is 18.1 Å². The lowest BCUT2D eigenvalue weighted by Crippen LogP contribution is -2.35. The Kier molecular flexibility index (Phi) is 6.72. The first-order valence-corrected chi connectivity index (χ1v) is 9.48. The van der Waals surface area contributed by atoms with Gasteiger partial charge in [0.25, 0.3) is 5.91 Å². The summed E-state index contributed by atoms with van der Waals surface area (Å²) < 4.78 is 11.2. The molecule has 26 heavy (non-hydrogen) atoms. The van der Waals surface area contributed by atoms with Crippen LogP contribution in [0.4, 0.5) is 0 Å². The number of furan rings is 1. The molecular weight excluding hydrogens is 328 g/mol. The number of benzene rings is 1. The summed E-state index contributed by atoms with van der Waals surface area (Å²) in [4.78, 5) is 14.7. The fourth-order valence-electron chi connectivity index (χ4n) is 3.13. The SMILES string of the molecule is CC1CCN(CCCNC(=O)c2ccc(COc3ccccc3)o2)CC1. The van der Waals surface area contributed by atoms with Crippen molar-refractivity contribution >= 4 is 5.91 Å². The Morgan fingerprint density at radius 1 is 1.19 bits per heavy atom. The van der Waals surface area contributed by atoms with E-state index in [4.69, 9.17) is 9.15 Å². The number of rotatable bonds is 8. The molecule has 2 heterocycles. The van der Waals surface area contributed by atoms with Crippen LogP contribution >= 0.6 is 0 Å². The number of hydrogen-bond donors (Lipinski definition) is 1. The van der Waals surface area contributed by atoms with Gasteiger partial charge in [-0.15, -0.1) is 0 Å². The second kappa shape index (κ2) is 9.43. The number of carbonyl (C=O) groups excluding carboxylic acids is 1. The van der Waals surface area contributed by atoms with Gasteiger partial charge in [-0.05, 0) is 69.1 Å². The highest BCUT2D eigenvalue weighted by Gasteiger charge is 2.15. The molecule has 5 heteroatoms. The summed E-state index contributed by atoms with van der Waals surface area (Å²) in [6.45, 7) is 6.70. The van der Waals surface area contributed by atoms with Gasteiger partial charge in [-0.25, -0.2) is 0 Å². The fraction of sp³-hybridized carbons (Fsp3) is 0.476. The van der Waals surface area contributed by atoms with E-state index in [-0.39, 0.29) is 5.91 Å². The summed E-state index contributed by atoms with van der Waals surface area (Å²) in [5.74, 6) is 2.44. The quantitative estimate of drug-likeness (QED) is 0.733. The van der Waals surface area contributed by atoms with Gasteiger partial charge in [0.2, 0.25) is 0 Å². The molecule has 0 saturated carbocycles. The molecule has 0 aliphatic carbocycles. The number of para-hydroxylation sites is 1. The highest BCUT2D eigenvalue weighted by atomic mass is 16.5. The van der Waals surface area contributed by atoms with E-state index in [1.165, 1.54) is 25.9 Å². The second-order valence-corrected chi connectivity index (χ2v) is 7.00. The number of likely N-dealkylation sites (tertiary alicyclic amines) is 1. The van der Waals surface area contributed by atoms with Crippen LogP contribution < -0.4 is 10.1 Å². The van der Waals surface area contributed by atoms with Crippen molar-refractivity contribution in [2.75, 3.05) is 26.2 Å². The molecule has 1 saturated heterocycles. The molecule has 1 fully saturated rings. The molecule has 3 rings (SSSR count). The summed E-state index contributed by atoms with van der Waals surface area (Å²) in [5, 5.41) is 2.93. The minimum absolute atomic E-state index is 0.164. The van der Waals surface area contributed by atoms with Gasteiger partial charge >= 0.3 is 0 Å². The predicted molar refractivity (Wildman–Crippen MR) is 101 cm³/mol. The average molecular weight is 356 g/mol. The van der Waals surface area contributed by atoms with E-state index in [1.54, 1.807) is 12.1 Å². The van der Waals surface area contributed by atoms with E-state index in [2.05, 4.69) is 17.1 Å². The summed E-state index contributed by atoms with van der Waals surface area (Å²) >= 11 is 0. The molecule has 0 atom stereocenters. The topological polar surface area (TPSA) is 54.7 Å². The lowest BCUT2D eigenvalue weighted by atomic mass is 9.99. The molecule has 2 aromatic rings. The molecular formula is C21H28N2O3. The highest BCUT2D eigenvalue weighted by molar-refractivity contribution is 5.91. The lowest BCUT2D eigenvalue weighted by Gasteiger charge is -2.30. The van der Waals surface area contributed by atoms with E-state index in [0.717, 1.165) is 24.6 Å². The minimum Gasteiger partial charge on any atom is -0.486 e. The van der Waals surface area contributed by atoms with Crippen LogP contribution in [0.25, 0.3) is 0 Å². The maximum atomic E-state index is 12.2. The first kappa shape index (κ1) is 18.5. The lowest BCUT2D eigenvalue weighted by molar-refractivity contribution is 0.0919. The number of nitrogens with one attached hydrogen (secondary N) is 1. The Hall–Kier alpha value is -2.27. The summed E-state index contributed by atoms with van der Waals surface area (Å²) in [6.07, 6.45) is 3.53. The maximum absolute atomic E-state index is 12.2. The molecule has 1 aromatic heterocycles. The third-order valence-corrected chi connectivity index (χ3v) is 4.82. The van der Waals surface area contributed by atoms with E-state index < -0.39 is 0 Å². The minimum atomic E-state index is -0.164. The van der Waals surface area contributed by atoms with Crippen molar-refractivity contribution in [3.63, 3.8) is 0 Å². The molecule has 1 N–H and O–H groups in total. The van der Waals surface area contributed by atoms with Crippen LogP contribution in [0, 0.1) is 5.92 Å². The van der Waals surface area contributed by atoms with Crippen molar-refractivity contribution in [3.05, 3.63) is 54.0 Å². The van der Waals surface area contributed by atoms with Crippen molar-refractivity contribution in [3.8, 4) is 5.75 Å². The Morgan fingerprint density at radius 2 is 1.96 bits per heavy atom. The Labute approximate surface area is 155 Å². The van der Waals surface area contributed by atoms with Crippen LogP contribution in [0.3, 0.4) is 0 Å². The maximum Gasteiger partial charge on any atom is 0.286 e. The largest absolute Gasteiger partial charge is 0.486 e. The monoisotopic (exact) mass is 356 g/mol. The van der Waals surface area contributed by atoms with Crippen molar-refractivity contribution in [2.24, 2.45) is 5.92 Å². The summed E-state index contributed by atoms with van der Waals surface area (Å²) in [6, 6.07) is 13.0. The third-order valence-electron chi connectivity index (χ3n) is 4.82. The van der Waals surface area contributed by atoms with Gasteiger partial charge in [-0.3, -0.25) is 4.79 Å². The molecule has 140 valence electrons. The van der Waals surface area contributed by atoms with E-state index in [0.29, 0.717) is 24.7 Å². The van der Waals surface area contributed by atoms with Gasteiger partial charge in [-0.1, -0.05) is 25.1 Å². The first-order chi connectivity index (χ1) is 12.7. The van der Waals surface area contributed by atoms with Crippen molar-refractivity contribution < 1.29 is 13.9 Å². The number of amides is 1. The number of nitrogens with zero attached hydrogens (tertiary/aromatic N) is 1. The standard InChI is InChI=1S/C21H28N2O3/c1-17-10-14-23(15-11-17)13-5-12-22-21(24)20-9-8-19(26-20)16-25-18-6-3-2-4-7-18/h2-4,6-9,17H,5,10-16H2,1H3,(H,22,24). The van der Waals surface area contributed by atoms with Crippen molar-refractivity contribution in [2.45, 2.75) is 32.8 Å². The smallest absolute Gasteiger partial charge is 0.286 e. The predicted octanol–water partition coefficient (Wildman–Crippen LogP) is 3.71. The van der Waals surface area contributed by atoms with Gasteiger partial charge < -0.3 is 19.4 Å². The molecule has 1 aromatic carbocycles. The zero-order valence-corrected chi connectivity index (χ0v) is 15.4.